The summed E-state index contributed by atoms with van der Waals surface area (Å²) in [5.41, 5.74) is 0.713. The van der Waals surface area contributed by atoms with Crippen LogP contribution < -0.4 is 0 Å². The van der Waals surface area contributed by atoms with Crippen molar-refractivity contribution < 1.29 is 0 Å². The van der Waals surface area contributed by atoms with Crippen LogP contribution >= 0.6 is 12.6 Å². The fourth-order valence-electron chi connectivity index (χ4n) is 3.06. The third-order valence-corrected chi connectivity index (χ3v) is 5.16. The van der Waals surface area contributed by atoms with Crippen molar-refractivity contribution in [3.63, 3.8) is 0 Å². The Morgan fingerprint density at radius 1 is 0.917 bits per heavy atom. The standard InChI is InChI=1S/C11H20S/c1-9(2)10-3-6-11(12,7-4-10)8-5-10/h9,12H,3-8H2,1-2H3. The summed E-state index contributed by atoms with van der Waals surface area (Å²) in [5, 5.41) is 0. The van der Waals surface area contributed by atoms with Gasteiger partial charge in [0, 0.05) is 4.75 Å². The molecule has 0 spiro atoms. The first-order valence-electron chi connectivity index (χ1n) is 5.29. The summed E-state index contributed by atoms with van der Waals surface area (Å²) in [5.74, 6) is 0.885. The lowest BCUT2D eigenvalue weighted by molar-refractivity contribution is 0.0367. The van der Waals surface area contributed by atoms with Crippen LogP contribution in [-0.4, -0.2) is 4.75 Å². The molecule has 0 saturated heterocycles. The van der Waals surface area contributed by atoms with E-state index in [0.29, 0.717) is 10.2 Å². The Kier molecular flexibility index (Phi) is 1.98. The molecule has 0 unspecified atom stereocenters. The lowest BCUT2D eigenvalue weighted by Crippen LogP contribution is -2.45. The third kappa shape index (κ3) is 1.21. The van der Waals surface area contributed by atoms with Gasteiger partial charge in [0.05, 0.1) is 0 Å². The van der Waals surface area contributed by atoms with Crippen molar-refractivity contribution in [1.29, 1.82) is 0 Å². The quantitative estimate of drug-likeness (QED) is 0.591. The molecule has 0 nitrogen and oxygen atoms in total. The predicted molar refractivity (Wildman–Crippen MR) is 56.7 cm³/mol. The first-order valence-corrected chi connectivity index (χ1v) is 5.74. The molecule has 70 valence electrons. The molecule has 1 heteroatoms. The van der Waals surface area contributed by atoms with Crippen molar-refractivity contribution in [2.45, 2.75) is 57.1 Å². The Hall–Kier alpha value is 0.350. The number of hydrogen-bond acceptors (Lipinski definition) is 1. The van der Waals surface area contributed by atoms with Gasteiger partial charge in [-0.05, 0) is 49.9 Å². The average molecular weight is 184 g/mol. The summed E-state index contributed by atoms with van der Waals surface area (Å²) in [6.45, 7) is 4.80. The molecule has 0 N–H and O–H groups in total. The van der Waals surface area contributed by atoms with Crippen LogP contribution in [0.4, 0.5) is 0 Å². The zero-order chi connectivity index (χ0) is 8.82. The largest absolute Gasteiger partial charge is 0.173 e. The second-order valence-electron chi connectivity index (χ2n) is 5.24. The topological polar surface area (TPSA) is 0 Å². The van der Waals surface area contributed by atoms with Crippen LogP contribution in [0.3, 0.4) is 0 Å². The SMILES string of the molecule is CC(C)C12CCC(S)(CC1)CC2. The van der Waals surface area contributed by atoms with Crippen molar-refractivity contribution in [1.82, 2.24) is 0 Å². The van der Waals surface area contributed by atoms with E-state index < -0.39 is 0 Å². The maximum absolute atomic E-state index is 4.79. The van der Waals surface area contributed by atoms with Gasteiger partial charge in [-0.25, -0.2) is 0 Å². The van der Waals surface area contributed by atoms with Crippen molar-refractivity contribution in [3.05, 3.63) is 0 Å². The zero-order valence-electron chi connectivity index (χ0n) is 8.27. The van der Waals surface area contributed by atoms with Gasteiger partial charge < -0.3 is 0 Å². The molecule has 3 rings (SSSR count). The lowest BCUT2D eigenvalue weighted by Gasteiger charge is -2.53. The molecule has 0 aliphatic heterocycles. The maximum atomic E-state index is 4.79. The van der Waals surface area contributed by atoms with E-state index in [1.165, 1.54) is 38.5 Å². The fourth-order valence-corrected chi connectivity index (χ4v) is 3.40. The van der Waals surface area contributed by atoms with Gasteiger partial charge in [-0.1, -0.05) is 13.8 Å². The van der Waals surface area contributed by atoms with Gasteiger partial charge in [-0.2, -0.15) is 12.6 Å². The molecule has 3 aliphatic carbocycles. The molecule has 3 aliphatic rings. The minimum atomic E-state index is 0.441. The van der Waals surface area contributed by atoms with Crippen molar-refractivity contribution in [2.75, 3.05) is 0 Å². The van der Waals surface area contributed by atoms with E-state index in [1.807, 2.05) is 0 Å². The van der Waals surface area contributed by atoms with Gasteiger partial charge in [-0.3, -0.25) is 0 Å². The number of hydrogen-bond donors (Lipinski definition) is 1. The summed E-state index contributed by atoms with van der Waals surface area (Å²) in [7, 11) is 0. The van der Waals surface area contributed by atoms with Gasteiger partial charge in [0.15, 0.2) is 0 Å². The van der Waals surface area contributed by atoms with E-state index in [4.69, 9.17) is 12.6 Å². The first-order chi connectivity index (χ1) is 5.56. The third-order valence-electron chi connectivity index (χ3n) is 4.49. The first kappa shape index (κ1) is 8.93. The smallest absolute Gasteiger partial charge is 0.0130 e. The molecule has 3 fully saturated rings. The summed E-state index contributed by atoms with van der Waals surface area (Å²) >= 11 is 4.79. The Bertz CT molecular complexity index is 159. The Morgan fingerprint density at radius 3 is 1.67 bits per heavy atom. The normalized spacial score (nSPS) is 47.0. The average Bonchev–Trinajstić information content (AvgIpc) is 2.06. The molecular weight excluding hydrogens is 164 g/mol. The molecule has 3 saturated carbocycles. The molecule has 0 heterocycles. The van der Waals surface area contributed by atoms with Gasteiger partial charge in [0.1, 0.15) is 0 Å². The van der Waals surface area contributed by atoms with Crippen molar-refractivity contribution >= 4 is 12.6 Å². The molecule has 12 heavy (non-hydrogen) atoms. The van der Waals surface area contributed by atoms with Gasteiger partial charge in [-0.15, -0.1) is 0 Å². The molecule has 0 radical (unpaired) electrons. The van der Waals surface area contributed by atoms with Gasteiger partial charge >= 0.3 is 0 Å². The van der Waals surface area contributed by atoms with Crippen LogP contribution in [0.5, 0.6) is 0 Å². The van der Waals surface area contributed by atoms with Gasteiger partial charge in [0.2, 0.25) is 0 Å². The Labute approximate surface area is 81.5 Å². The molecule has 0 amide bonds. The minimum absolute atomic E-state index is 0.441. The van der Waals surface area contributed by atoms with E-state index in [-0.39, 0.29) is 0 Å². The molecule has 0 aromatic heterocycles. The molecule has 0 atom stereocenters. The number of thiol groups is 1. The lowest BCUT2D eigenvalue weighted by atomic mass is 9.56. The van der Waals surface area contributed by atoms with Crippen LogP contribution in [0.25, 0.3) is 0 Å². The van der Waals surface area contributed by atoms with E-state index >= 15 is 0 Å². The van der Waals surface area contributed by atoms with Crippen LogP contribution in [-0.2, 0) is 0 Å². The van der Waals surface area contributed by atoms with E-state index in [1.54, 1.807) is 0 Å². The number of fused-ring (bicyclic) bond motifs is 3. The maximum Gasteiger partial charge on any atom is 0.0130 e. The molecule has 0 aromatic rings. The van der Waals surface area contributed by atoms with Crippen LogP contribution in [0.2, 0.25) is 0 Å². The van der Waals surface area contributed by atoms with Crippen LogP contribution in [0.1, 0.15) is 52.4 Å². The Balaban J connectivity index is 2.14. The summed E-state index contributed by atoms with van der Waals surface area (Å²) in [6.07, 6.45) is 8.42. The Morgan fingerprint density at radius 2 is 1.33 bits per heavy atom. The molecule has 0 aromatic carbocycles. The predicted octanol–water partition coefficient (Wildman–Crippen LogP) is 3.67. The zero-order valence-corrected chi connectivity index (χ0v) is 9.16. The molecule has 2 bridgehead atoms. The second kappa shape index (κ2) is 2.67. The van der Waals surface area contributed by atoms with Crippen LogP contribution in [0, 0.1) is 11.3 Å². The summed E-state index contributed by atoms with van der Waals surface area (Å²) < 4.78 is 0.441. The monoisotopic (exact) mass is 184 g/mol. The fraction of sp³-hybridized carbons (Fsp3) is 1.00. The van der Waals surface area contributed by atoms with E-state index in [2.05, 4.69) is 13.8 Å². The van der Waals surface area contributed by atoms with Crippen molar-refractivity contribution in [2.24, 2.45) is 11.3 Å². The molecular formula is C11H20S. The highest BCUT2D eigenvalue weighted by Crippen LogP contribution is 2.57. The van der Waals surface area contributed by atoms with Crippen LogP contribution in [0.15, 0.2) is 0 Å². The van der Waals surface area contributed by atoms with E-state index in [9.17, 15) is 0 Å². The number of rotatable bonds is 1. The minimum Gasteiger partial charge on any atom is -0.173 e. The highest BCUT2D eigenvalue weighted by Gasteiger charge is 2.47. The van der Waals surface area contributed by atoms with Gasteiger partial charge in [0.25, 0.3) is 0 Å². The van der Waals surface area contributed by atoms with Crippen molar-refractivity contribution in [3.8, 4) is 0 Å². The summed E-state index contributed by atoms with van der Waals surface area (Å²) in [4.78, 5) is 0. The van der Waals surface area contributed by atoms with E-state index in [0.717, 1.165) is 5.92 Å². The highest BCUT2D eigenvalue weighted by atomic mass is 32.1. The summed E-state index contributed by atoms with van der Waals surface area (Å²) in [6, 6.07) is 0. The highest BCUT2D eigenvalue weighted by molar-refractivity contribution is 7.81. The second-order valence-corrected chi connectivity index (χ2v) is 6.19.